The Morgan fingerprint density at radius 3 is 2.38 bits per heavy atom. The summed E-state index contributed by atoms with van der Waals surface area (Å²) in [6.45, 7) is 5.27. The second kappa shape index (κ2) is 11.0. The van der Waals surface area contributed by atoms with Crippen molar-refractivity contribution in [3.05, 3.63) is 72.6 Å². The maximum Gasteiger partial charge on any atom is 0.260 e. The molecule has 0 aliphatic carbocycles. The Kier molecular flexibility index (Phi) is 8.52. The van der Waals surface area contributed by atoms with E-state index in [1.54, 1.807) is 12.5 Å². The normalized spacial score (nSPS) is 10.1. The van der Waals surface area contributed by atoms with Crippen molar-refractivity contribution in [2.75, 3.05) is 12.4 Å². The van der Waals surface area contributed by atoms with E-state index in [9.17, 15) is 0 Å². The molecule has 126 valence electrons. The number of nitrogens with one attached hydrogen (secondary N) is 1. The summed E-state index contributed by atoms with van der Waals surface area (Å²) in [6, 6.07) is 18.6. The van der Waals surface area contributed by atoms with Gasteiger partial charge < -0.3 is 9.73 Å². The van der Waals surface area contributed by atoms with Gasteiger partial charge in [0.25, 0.3) is 5.22 Å². The summed E-state index contributed by atoms with van der Waals surface area (Å²) < 4.78 is 5.09. The molecular formula is C19H22N2OS2. The number of aromatic nitrogens is 1. The zero-order valence-corrected chi connectivity index (χ0v) is 15.6. The van der Waals surface area contributed by atoms with E-state index < -0.39 is 0 Å². The summed E-state index contributed by atoms with van der Waals surface area (Å²) >= 11 is 3.36. The minimum Gasteiger partial charge on any atom is -0.440 e. The molecule has 0 radical (unpaired) electrons. The molecule has 0 unspecified atom stereocenters. The van der Waals surface area contributed by atoms with Crippen molar-refractivity contribution >= 4 is 23.5 Å². The highest BCUT2D eigenvalue weighted by atomic mass is 32.2. The molecule has 3 nitrogen and oxygen atoms in total. The summed E-state index contributed by atoms with van der Waals surface area (Å²) in [7, 11) is 0. The van der Waals surface area contributed by atoms with E-state index in [2.05, 4.69) is 48.4 Å². The Morgan fingerprint density at radius 2 is 1.75 bits per heavy atom. The van der Waals surface area contributed by atoms with Gasteiger partial charge in [0.2, 0.25) is 0 Å². The molecular weight excluding hydrogens is 336 g/mol. The predicted molar refractivity (Wildman–Crippen MR) is 103 cm³/mol. The molecule has 1 heterocycles. The highest BCUT2D eigenvalue weighted by Crippen LogP contribution is 2.24. The molecule has 0 atom stereocenters. The number of oxazole rings is 1. The average molecular weight is 359 g/mol. The summed E-state index contributed by atoms with van der Waals surface area (Å²) in [4.78, 5) is 6.48. The molecule has 1 aromatic heterocycles. The van der Waals surface area contributed by atoms with Crippen molar-refractivity contribution in [3.63, 3.8) is 0 Å². The maximum absolute atomic E-state index is 5.09. The second-order valence-electron chi connectivity index (χ2n) is 4.92. The third-order valence-electron chi connectivity index (χ3n) is 2.97. The quantitative estimate of drug-likeness (QED) is 0.359. The van der Waals surface area contributed by atoms with Crippen molar-refractivity contribution in [1.29, 1.82) is 0 Å². The molecule has 0 aliphatic rings. The fourth-order valence-electron chi connectivity index (χ4n) is 1.72. The first kappa shape index (κ1) is 18.6. The van der Waals surface area contributed by atoms with Gasteiger partial charge in [-0.2, -0.15) is 0 Å². The number of nitrogens with zero attached hydrogens (tertiary/aromatic N) is 1. The van der Waals surface area contributed by atoms with Crippen LogP contribution >= 0.6 is 23.5 Å². The Balaban J connectivity index is 0.000000174. The maximum atomic E-state index is 5.09. The van der Waals surface area contributed by atoms with E-state index in [0.717, 1.165) is 17.3 Å². The Bertz CT molecular complexity index is 670. The summed E-state index contributed by atoms with van der Waals surface area (Å²) in [5, 5.41) is 3.96. The van der Waals surface area contributed by atoms with Gasteiger partial charge in [0, 0.05) is 15.7 Å². The smallest absolute Gasteiger partial charge is 0.260 e. The van der Waals surface area contributed by atoms with Crippen LogP contribution in [0.4, 0.5) is 0 Å². The molecule has 2 aromatic carbocycles. The van der Waals surface area contributed by atoms with Gasteiger partial charge >= 0.3 is 0 Å². The molecule has 0 spiro atoms. The molecule has 3 rings (SSSR count). The average Bonchev–Trinajstić information content (AvgIpc) is 3.11. The van der Waals surface area contributed by atoms with Crippen LogP contribution in [0.5, 0.6) is 0 Å². The van der Waals surface area contributed by atoms with Crippen LogP contribution in [0.15, 0.2) is 86.5 Å². The number of benzene rings is 2. The zero-order valence-electron chi connectivity index (χ0n) is 13.9. The Morgan fingerprint density at radius 1 is 1.00 bits per heavy atom. The van der Waals surface area contributed by atoms with E-state index in [-0.39, 0.29) is 0 Å². The Hall–Kier alpha value is -1.69. The molecule has 0 saturated carbocycles. The SMILES string of the molecule is CCNCSc1ccc(C)cc1.c1ccc(Sc2ncco2)cc1. The number of aryl methyl sites for hydroxylation is 1. The van der Waals surface area contributed by atoms with Crippen molar-refractivity contribution in [2.45, 2.75) is 28.9 Å². The van der Waals surface area contributed by atoms with Crippen LogP contribution in [-0.4, -0.2) is 17.4 Å². The monoisotopic (exact) mass is 358 g/mol. The van der Waals surface area contributed by atoms with Crippen LogP contribution in [0, 0.1) is 6.92 Å². The van der Waals surface area contributed by atoms with Gasteiger partial charge in [-0.25, -0.2) is 4.98 Å². The fraction of sp³-hybridized carbons (Fsp3) is 0.211. The highest BCUT2D eigenvalue weighted by Gasteiger charge is 1.98. The Labute approximate surface area is 152 Å². The minimum atomic E-state index is 0.682. The molecule has 0 amide bonds. The zero-order chi connectivity index (χ0) is 17.0. The molecule has 3 aromatic rings. The van der Waals surface area contributed by atoms with Crippen molar-refractivity contribution < 1.29 is 4.42 Å². The van der Waals surface area contributed by atoms with Gasteiger partial charge in [-0.05, 0) is 49.5 Å². The van der Waals surface area contributed by atoms with Gasteiger partial charge in [-0.15, -0.1) is 11.8 Å². The standard InChI is InChI=1S/C10H15NS.C9H7NOS/c1-3-11-8-12-10-6-4-9(2)5-7-10;1-2-4-8(5-3-1)12-9-10-6-7-11-9/h4-7,11H,3,8H2,1-2H3;1-7H. The van der Waals surface area contributed by atoms with E-state index in [1.807, 2.05) is 42.1 Å². The minimum absolute atomic E-state index is 0.682. The number of rotatable bonds is 6. The molecule has 24 heavy (non-hydrogen) atoms. The van der Waals surface area contributed by atoms with Crippen LogP contribution in [0.25, 0.3) is 0 Å². The fourth-order valence-corrected chi connectivity index (χ4v) is 3.23. The molecule has 0 aliphatic heterocycles. The van der Waals surface area contributed by atoms with Gasteiger partial charge in [0.1, 0.15) is 6.26 Å². The van der Waals surface area contributed by atoms with Gasteiger partial charge in [-0.3, -0.25) is 0 Å². The first-order valence-electron chi connectivity index (χ1n) is 7.80. The third-order valence-corrected chi connectivity index (χ3v) is 4.81. The lowest BCUT2D eigenvalue weighted by Gasteiger charge is -2.01. The van der Waals surface area contributed by atoms with Crippen LogP contribution in [0.1, 0.15) is 12.5 Å². The lowest BCUT2D eigenvalue weighted by atomic mass is 10.2. The van der Waals surface area contributed by atoms with Crippen LogP contribution in [0.2, 0.25) is 0 Å². The summed E-state index contributed by atoms with van der Waals surface area (Å²) in [5.74, 6) is 1.000. The van der Waals surface area contributed by atoms with E-state index in [0.29, 0.717) is 5.22 Å². The van der Waals surface area contributed by atoms with Crippen molar-refractivity contribution in [1.82, 2.24) is 10.3 Å². The second-order valence-corrected chi connectivity index (χ2v) is 6.99. The largest absolute Gasteiger partial charge is 0.440 e. The summed E-state index contributed by atoms with van der Waals surface area (Å²) in [5.41, 5.74) is 1.32. The van der Waals surface area contributed by atoms with Gasteiger partial charge in [-0.1, -0.05) is 42.8 Å². The van der Waals surface area contributed by atoms with Crippen LogP contribution in [-0.2, 0) is 0 Å². The van der Waals surface area contributed by atoms with Gasteiger partial charge in [0.05, 0.1) is 6.20 Å². The molecule has 0 saturated heterocycles. The number of hydrogen-bond donors (Lipinski definition) is 1. The highest BCUT2D eigenvalue weighted by molar-refractivity contribution is 7.99. The van der Waals surface area contributed by atoms with Crippen LogP contribution in [0.3, 0.4) is 0 Å². The number of hydrogen-bond acceptors (Lipinski definition) is 5. The van der Waals surface area contributed by atoms with Gasteiger partial charge in [0.15, 0.2) is 0 Å². The van der Waals surface area contributed by atoms with E-state index in [1.165, 1.54) is 22.2 Å². The number of thioether (sulfide) groups is 1. The molecule has 0 bridgehead atoms. The van der Waals surface area contributed by atoms with E-state index >= 15 is 0 Å². The lowest BCUT2D eigenvalue weighted by molar-refractivity contribution is 0.454. The summed E-state index contributed by atoms with van der Waals surface area (Å²) in [6.07, 6.45) is 3.22. The van der Waals surface area contributed by atoms with Crippen molar-refractivity contribution in [3.8, 4) is 0 Å². The molecule has 5 heteroatoms. The molecule has 0 fully saturated rings. The first-order chi connectivity index (χ1) is 11.8. The lowest BCUT2D eigenvalue weighted by Crippen LogP contribution is -2.10. The van der Waals surface area contributed by atoms with E-state index in [4.69, 9.17) is 4.42 Å². The molecule has 1 N–H and O–H groups in total. The topological polar surface area (TPSA) is 38.1 Å². The predicted octanol–water partition coefficient (Wildman–Crippen LogP) is 5.48. The first-order valence-corrected chi connectivity index (χ1v) is 9.60. The third kappa shape index (κ3) is 7.25. The van der Waals surface area contributed by atoms with Crippen molar-refractivity contribution in [2.24, 2.45) is 0 Å². The van der Waals surface area contributed by atoms with Crippen LogP contribution < -0.4 is 5.32 Å².